The number of nitrogens with one attached hydrogen (secondary N) is 1. The standard InChI is InChI=1S/C14H11ClFN3O/c1-7-2-5-11(20-7)13-12(14(17)19-18-13)9-4-3-8(16)6-10(9)15/h2-6H,1H3,(H3,17,18,19). The molecule has 0 atom stereocenters. The van der Waals surface area contributed by atoms with Gasteiger partial charge in [-0.05, 0) is 37.3 Å². The molecule has 1 aromatic carbocycles. The molecule has 0 bridgehead atoms. The number of aromatic amines is 1. The Balaban J connectivity index is 2.21. The highest BCUT2D eigenvalue weighted by molar-refractivity contribution is 6.33. The molecule has 102 valence electrons. The van der Waals surface area contributed by atoms with Crippen LogP contribution in [0.4, 0.5) is 10.2 Å². The fraction of sp³-hybridized carbons (Fsp3) is 0.0714. The zero-order chi connectivity index (χ0) is 14.3. The minimum Gasteiger partial charge on any atom is -0.460 e. The van der Waals surface area contributed by atoms with E-state index in [-0.39, 0.29) is 10.8 Å². The van der Waals surface area contributed by atoms with Gasteiger partial charge < -0.3 is 10.2 Å². The number of halogens is 2. The maximum atomic E-state index is 13.2. The number of anilines is 1. The van der Waals surface area contributed by atoms with Crippen molar-refractivity contribution in [2.75, 3.05) is 5.73 Å². The Hall–Kier alpha value is -2.27. The van der Waals surface area contributed by atoms with Crippen LogP contribution in [0.1, 0.15) is 5.76 Å². The van der Waals surface area contributed by atoms with Crippen LogP contribution >= 0.6 is 11.6 Å². The summed E-state index contributed by atoms with van der Waals surface area (Å²) in [5.74, 6) is 1.24. The van der Waals surface area contributed by atoms with E-state index in [1.165, 1.54) is 12.1 Å². The first-order chi connectivity index (χ1) is 9.56. The van der Waals surface area contributed by atoms with Crippen LogP contribution in [0.5, 0.6) is 0 Å². The number of H-pyrrole nitrogens is 1. The molecular formula is C14H11ClFN3O. The zero-order valence-electron chi connectivity index (χ0n) is 10.6. The molecule has 0 spiro atoms. The molecule has 0 aliphatic heterocycles. The summed E-state index contributed by atoms with van der Waals surface area (Å²) in [5.41, 5.74) is 7.70. The third-order valence-electron chi connectivity index (χ3n) is 2.98. The molecule has 0 fully saturated rings. The zero-order valence-corrected chi connectivity index (χ0v) is 11.3. The Morgan fingerprint density at radius 3 is 2.75 bits per heavy atom. The van der Waals surface area contributed by atoms with Gasteiger partial charge in [-0.1, -0.05) is 11.6 Å². The first-order valence-electron chi connectivity index (χ1n) is 5.92. The van der Waals surface area contributed by atoms with Crippen LogP contribution in [0.2, 0.25) is 5.02 Å². The van der Waals surface area contributed by atoms with E-state index in [2.05, 4.69) is 10.2 Å². The summed E-state index contributed by atoms with van der Waals surface area (Å²) in [6.45, 7) is 1.84. The van der Waals surface area contributed by atoms with Crippen LogP contribution in [0, 0.1) is 12.7 Å². The van der Waals surface area contributed by atoms with Crippen molar-refractivity contribution >= 4 is 17.4 Å². The Morgan fingerprint density at radius 1 is 1.30 bits per heavy atom. The lowest BCUT2D eigenvalue weighted by Crippen LogP contribution is -1.90. The molecule has 0 saturated carbocycles. The molecule has 0 aliphatic rings. The molecule has 6 heteroatoms. The average molecular weight is 292 g/mol. The largest absolute Gasteiger partial charge is 0.460 e. The van der Waals surface area contributed by atoms with Gasteiger partial charge in [0, 0.05) is 5.56 Å². The second-order valence-corrected chi connectivity index (χ2v) is 4.80. The SMILES string of the molecule is Cc1ccc(-c2[nH]nc(N)c2-c2ccc(F)cc2Cl)o1. The molecule has 2 heterocycles. The van der Waals surface area contributed by atoms with Crippen molar-refractivity contribution in [2.24, 2.45) is 0 Å². The van der Waals surface area contributed by atoms with E-state index >= 15 is 0 Å². The molecule has 20 heavy (non-hydrogen) atoms. The quantitative estimate of drug-likeness (QED) is 0.749. The van der Waals surface area contributed by atoms with E-state index in [0.29, 0.717) is 22.6 Å². The number of rotatable bonds is 2. The lowest BCUT2D eigenvalue weighted by atomic mass is 10.0. The van der Waals surface area contributed by atoms with E-state index in [1.807, 2.05) is 19.1 Å². The van der Waals surface area contributed by atoms with Crippen molar-refractivity contribution in [3.05, 3.63) is 46.9 Å². The number of nitrogen functional groups attached to an aromatic ring is 1. The second kappa shape index (κ2) is 4.68. The number of nitrogens with zero attached hydrogens (tertiary/aromatic N) is 1. The maximum Gasteiger partial charge on any atom is 0.153 e. The van der Waals surface area contributed by atoms with Crippen LogP contribution in [-0.4, -0.2) is 10.2 Å². The van der Waals surface area contributed by atoms with E-state index < -0.39 is 5.82 Å². The smallest absolute Gasteiger partial charge is 0.153 e. The highest BCUT2D eigenvalue weighted by Gasteiger charge is 2.19. The summed E-state index contributed by atoms with van der Waals surface area (Å²) in [6, 6.07) is 7.77. The van der Waals surface area contributed by atoms with Crippen molar-refractivity contribution < 1.29 is 8.81 Å². The van der Waals surface area contributed by atoms with E-state index in [9.17, 15) is 4.39 Å². The first kappa shape index (κ1) is 12.7. The minimum absolute atomic E-state index is 0.266. The highest BCUT2D eigenvalue weighted by atomic mass is 35.5. The predicted molar refractivity (Wildman–Crippen MR) is 75.8 cm³/mol. The Morgan fingerprint density at radius 2 is 2.10 bits per heavy atom. The minimum atomic E-state index is -0.406. The number of aryl methyl sites for hydroxylation is 1. The Labute approximate surface area is 119 Å². The number of hydrogen-bond acceptors (Lipinski definition) is 3. The van der Waals surface area contributed by atoms with Crippen LogP contribution in [0.3, 0.4) is 0 Å². The molecule has 2 aromatic heterocycles. The summed E-state index contributed by atoms with van der Waals surface area (Å²) in [7, 11) is 0. The van der Waals surface area contributed by atoms with E-state index in [0.717, 1.165) is 5.76 Å². The topological polar surface area (TPSA) is 67.8 Å². The number of hydrogen-bond donors (Lipinski definition) is 2. The monoisotopic (exact) mass is 291 g/mol. The lowest BCUT2D eigenvalue weighted by molar-refractivity contribution is 0.546. The van der Waals surface area contributed by atoms with Gasteiger partial charge in [0.05, 0.1) is 10.6 Å². The Bertz CT molecular complexity index is 779. The van der Waals surface area contributed by atoms with Crippen LogP contribution in [0.15, 0.2) is 34.7 Å². The van der Waals surface area contributed by atoms with Crippen molar-refractivity contribution in [3.63, 3.8) is 0 Å². The molecule has 0 aliphatic carbocycles. The molecule has 3 rings (SSSR count). The average Bonchev–Trinajstić information content (AvgIpc) is 2.96. The van der Waals surface area contributed by atoms with Gasteiger partial charge in [0.2, 0.25) is 0 Å². The molecule has 0 saturated heterocycles. The van der Waals surface area contributed by atoms with Gasteiger partial charge in [-0.25, -0.2) is 4.39 Å². The number of furan rings is 1. The van der Waals surface area contributed by atoms with Gasteiger partial charge in [0.15, 0.2) is 11.6 Å². The van der Waals surface area contributed by atoms with Crippen molar-refractivity contribution in [1.29, 1.82) is 0 Å². The molecule has 0 amide bonds. The van der Waals surface area contributed by atoms with Gasteiger partial charge in [0.25, 0.3) is 0 Å². The van der Waals surface area contributed by atoms with E-state index in [4.69, 9.17) is 21.8 Å². The van der Waals surface area contributed by atoms with Crippen LogP contribution in [-0.2, 0) is 0 Å². The number of aromatic nitrogens is 2. The summed E-state index contributed by atoms with van der Waals surface area (Å²) >= 11 is 6.09. The van der Waals surface area contributed by atoms with Gasteiger partial charge in [-0.2, -0.15) is 5.10 Å². The van der Waals surface area contributed by atoms with Gasteiger partial charge in [-0.3, -0.25) is 5.10 Å². The van der Waals surface area contributed by atoms with Crippen LogP contribution in [0.25, 0.3) is 22.6 Å². The summed E-state index contributed by atoms with van der Waals surface area (Å²) in [4.78, 5) is 0. The van der Waals surface area contributed by atoms with Gasteiger partial charge in [0.1, 0.15) is 17.3 Å². The molecule has 3 aromatic rings. The molecule has 3 N–H and O–H groups in total. The van der Waals surface area contributed by atoms with E-state index in [1.54, 1.807) is 6.07 Å². The predicted octanol–water partition coefficient (Wildman–Crippen LogP) is 4.02. The Kier molecular flexibility index (Phi) is 2.99. The third kappa shape index (κ3) is 2.06. The summed E-state index contributed by atoms with van der Waals surface area (Å²) in [5, 5.41) is 7.07. The van der Waals surface area contributed by atoms with Crippen LogP contribution < -0.4 is 5.73 Å². The maximum absolute atomic E-state index is 13.2. The molecular weight excluding hydrogens is 281 g/mol. The fourth-order valence-corrected chi connectivity index (χ4v) is 2.33. The highest BCUT2D eigenvalue weighted by Crippen LogP contribution is 2.38. The normalized spacial score (nSPS) is 10.9. The number of benzene rings is 1. The summed E-state index contributed by atoms with van der Waals surface area (Å²) in [6.07, 6.45) is 0. The van der Waals surface area contributed by atoms with Crippen molar-refractivity contribution in [2.45, 2.75) is 6.92 Å². The first-order valence-corrected chi connectivity index (χ1v) is 6.30. The fourth-order valence-electron chi connectivity index (χ4n) is 2.07. The lowest BCUT2D eigenvalue weighted by Gasteiger charge is -2.05. The second-order valence-electron chi connectivity index (χ2n) is 4.39. The van der Waals surface area contributed by atoms with Crippen molar-refractivity contribution in [3.8, 4) is 22.6 Å². The molecule has 0 radical (unpaired) electrons. The number of nitrogens with two attached hydrogens (primary N) is 1. The third-order valence-corrected chi connectivity index (χ3v) is 3.29. The van der Waals surface area contributed by atoms with Gasteiger partial charge in [-0.15, -0.1) is 0 Å². The summed E-state index contributed by atoms with van der Waals surface area (Å²) < 4.78 is 18.7. The van der Waals surface area contributed by atoms with Crippen molar-refractivity contribution in [1.82, 2.24) is 10.2 Å². The molecule has 0 unspecified atom stereocenters. The van der Waals surface area contributed by atoms with Gasteiger partial charge >= 0.3 is 0 Å². The molecule has 4 nitrogen and oxygen atoms in total.